The third-order valence-electron chi connectivity index (χ3n) is 18.3. The molecule has 7 rings (SSSR count). The van der Waals surface area contributed by atoms with Crippen molar-refractivity contribution in [3.8, 4) is 0 Å². The number of carbonyl (C=O) groups is 4. The maximum Gasteiger partial charge on any atom is 0.309 e. The number of aliphatic hydroxyl groups excluding tert-OH is 1. The fourth-order valence-electron chi connectivity index (χ4n) is 14.9. The van der Waals surface area contributed by atoms with E-state index in [4.69, 9.17) is 4.74 Å². The number of carboxylic acids is 1. The fraction of sp³-hybridized carbons (Fsp3) is 0.867. The maximum atomic E-state index is 14.1. The van der Waals surface area contributed by atoms with Crippen molar-refractivity contribution < 1.29 is 34.1 Å². The van der Waals surface area contributed by atoms with Gasteiger partial charge in [0, 0.05) is 30.3 Å². The third kappa shape index (κ3) is 5.64. The SMILES string of the molecule is CC(C)C1=C2[C@H]3CC[C@@H]4[C@@]5(C)CC[C@H](OC(=O)[C@H]6C[C@@H](C(=O)O)C6(C)C)C(C)(C)[C@@H]5CC[C@@]4(C)[C@]3(C)CC[C@@]2([C@@H](O)CNC(=O)[C@@H]2CCCNC2)CC1=O. The predicted molar refractivity (Wildman–Crippen MR) is 207 cm³/mol. The summed E-state index contributed by atoms with van der Waals surface area (Å²) < 4.78 is 6.41. The van der Waals surface area contributed by atoms with E-state index in [0.717, 1.165) is 76.3 Å². The highest BCUT2D eigenvalue weighted by Crippen LogP contribution is 2.77. The molecule has 0 unspecified atom stereocenters. The number of Topliss-reactive ketones (excluding diaryl/α,β-unsaturated/α-hetero) is 1. The quantitative estimate of drug-likeness (QED) is 0.193. The second kappa shape index (κ2) is 13.4. The van der Waals surface area contributed by atoms with E-state index < -0.39 is 28.8 Å². The van der Waals surface area contributed by atoms with Gasteiger partial charge in [-0.3, -0.25) is 19.2 Å². The minimum atomic E-state index is -0.834. The van der Waals surface area contributed by atoms with Crippen LogP contribution in [0.1, 0.15) is 139 Å². The Labute approximate surface area is 324 Å². The summed E-state index contributed by atoms with van der Waals surface area (Å²) in [5, 5.41) is 28.2. The summed E-state index contributed by atoms with van der Waals surface area (Å²) in [5.74, 6) is -0.726. The van der Waals surface area contributed by atoms with Gasteiger partial charge in [-0.25, -0.2) is 0 Å². The van der Waals surface area contributed by atoms with E-state index in [9.17, 15) is 29.4 Å². The smallest absolute Gasteiger partial charge is 0.309 e. The van der Waals surface area contributed by atoms with Crippen molar-refractivity contribution in [1.82, 2.24) is 10.6 Å². The van der Waals surface area contributed by atoms with Crippen molar-refractivity contribution in [2.45, 2.75) is 152 Å². The average Bonchev–Trinajstić information content (AvgIpc) is 3.41. The molecule has 1 heterocycles. The van der Waals surface area contributed by atoms with E-state index in [1.165, 1.54) is 5.57 Å². The number of amides is 1. The first kappa shape index (κ1) is 40.0. The number of aliphatic carboxylic acids is 1. The molecule has 0 spiro atoms. The van der Waals surface area contributed by atoms with Crippen molar-refractivity contribution in [2.24, 2.45) is 73.9 Å². The minimum Gasteiger partial charge on any atom is -0.481 e. The molecule has 302 valence electrons. The minimum absolute atomic E-state index is 0.00127. The summed E-state index contributed by atoms with van der Waals surface area (Å²) in [7, 11) is 0. The number of rotatable bonds is 8. The first-order chi connectivity index (χ1) is 25.2. The second-order valence-corrected chi connectivity index (χ2v) is 21.4. The lowest BCUT2D eigenvalue weighted by atomic mass is 9.33. The molecule has 9 heteroatoms. The van der Waals surface area contributed by atoms with Crippen molar-refractivity contribution in [3.63, 3.8) is 0 Å². The average molecular weight is 751 g/mol. The van der Waals surface area contributed by atoms with E-state index in [0.29, 0.717) is 31.2 Å². The zero-order valence-electron chi connectivity index (χ0n) is 34.7. The molecule has 4 N–H and O–H groups in total. The van der Waals surface area contributed by atoms with Crippen LogP contribution >= 0.6 is 0 Å². The van der Waals surface area contributed by atoms with E-state index in [-0.39, 0.29) is 75.6 Å². The van der Waals surface area contributed by atoms with E-state index >= 15 is 0 Å². The van der Waals surface area contributed by atoms with Crippen LogP contribution in [0.15, 0.2) is 11.1 Å². The number of allylic oxidation sites excluding steroid dienone is 1. The van der Waals surface area contributed by atoms with E-state index in [2.05, 4.69) is 59.1 Å². The van der Waals surface area contributed by atoms with Crippen LogP contribution < -0.4 is 10.6 Å². The van der Waals surface area contributed by atoms with Gasteiger partial charge in [-0.15, -0.1) is 0 Å². The van der Waals surface area contributed by atoms with Crippen LogP contribution in [0, 0.1) is 73.9 Å². The van der Waals surface area contributed by atoms with Crippen molar-refractivity contribution >= 4 is 23.6 Å². The number of aliphatic hydroxyl groups is 1. The van der Waals surface area contributed by atoms with Gasteiger partial charge in [-0.2, -0.15) is 0 Å². The molecule has 0 bridgehead atoms. The highest BCUT2D eigenvalue weighted by Gasteiger charge is 2.71. The van der Waals surface area contributed by atoms with Crippen molar-refractivity contribution in [2.75, 3.05) is 19.6 Å². The molecule has 0 aromatic heterocycles. The maximum absolute atomic E-state index is 14.1. The number of ether oxygens (including phenoxy) is 1. The molecule has 0 aromatic rings. The lowest BCUT2D eigenvalue weighted by Crippen LogP contribution is -2.66. The molecule has 6 aliphatic carbocycles. The first-order valence-corrected chi connectivity index (χ1v) is 21.5. The van der Waals surface area contributed by atoms with Gasteiger partial charge in [-0.05, 0) is 128 Å². The number of hydrogen-bond acceptors (Lipinski definition) is 7. The Morgan fingerprint density at radius 3 is 2.22 bits per heavy atom. The molecule has 1 saturated heterocycles. The Bertz CT molecular complexity index is 1590. The summed E-state index contributed by atoms with van der Waals surface area (Å²) in [6.45, 7) is 22.0. The van der Waals surface area contributed by atoms with Gasteiger partial charge in [0.05, 0.1) is 23.9 Å². The van der Waals surface area contributed by atoms with Gasteiger partial charge >= 0.3 is 11.9 Å². The van der Waals surface area contributed by atoms with E-state index in [1.807, 2.05) is 13.8 Å². The summed E-state index contributed by atoms with van der Waals surface area (Å²) >= 11 is 0. The number of fused-ring (bicyclic) bond motifs is 7. The number of hydrogen-bond donors (Lipinski definition) is 4. The van der Waals surface area contributed by atoms with Gasteiger partial charge in [0.1, 0.15) is 6.10 Å². The molecule has 7 aliphatic rings. The topological polar surface area (TPSA) is 142 Å². The molecule has 1 aliphatic heterocycles. The van der Waals surface area contributed by atoms with Crippen molar-refractivity contribution in [3.05, 3.63) is 11.1 Å². The number of esters is 1. The number of piperidine rings is 1. The summed E-state index contributed by atoms with van der Waals surface area (Å²) in [6.07, 6.45) is 9.20. The highest BCUT2D eigenvalue weighted by atomic mass is 16.5. The van der Waals surface area contributed by atoms with Crippen LogP contribution in [0.4, 0.5) is 0 Å². The van der Waals surface area contributed by atoms with Crippen molar-refractivity contribution in [1.29, 1.82) is 0 Å². The Hall–Kier alpha value is -2.26. The van der Waals surface area contributed by atoms with Gasteiger partial charge in [-0.1, -0.05) is 67.9 Å². The van der Waals surface area contributed by atoms with Crippen LogP contribution in [0.2, 0.25) is 0 Å². The summed E-state index contributed by atoms with van der Waals surface area (Å²) in [4.78, 5) is 52.6. The standard InChI is InChI=1S/C45H70N2O7/c1-25(2)35-30(48)22-45(33(49)24-47-37(50)26-11-10-20-46-23-26)19-18-43(8)27(36(35)45)12-13-32-42(7)16-15-34(41(5,6)31(42)14-17-44(32,43)9)54-39(53)29-21-28(38(51)52)40(29,3)4/h25-29,31-34,46,49H,10-24H2,1-9H3,(H,47,50)(H,51,52)/t26-,27-,28+,29-,31+,32-,33+,34+,42+,43-,44-,45+/m1/s1. The summed E-state index contributed by atoms with van der Waals surface area (Å²) in [6, 6.07) is 0. The molecule has 5 saturated carbocycles. The zero-order valence-corrected chi connectivity index (χ0v) is 34.7. The molecule has 6 fully saturated rings. The van der Waals surface area contributed by atoms with Crippen LogP contribution in [0.5, 0.6) is 0 Å². The van der Waals surface area contributed by atoms with Crippen LogP contribution in [0.3, 0.4) is 0 Å². The van der Waals surface area contributed by atoms with E-state index in [1.54, 1.807) is 0 Å². The molecule has 0 radical (unpaired) electrons. The number of nitrogens with one attached hydrogen (secondary N) is 2. The fourth-order valence-corrected chi connectivity index (χ4v) is 14.9. The molecule has 54 heavy (non-hydrogen) atoms. The van der Waals surface area contributed by atoms with Crippen LogP contribution in [-0.4, -0.2) is 65.7 Å². The Morgan fingerprint density at radius 2 is 1.59 bits per heavy atom. The largest absolute Gasteiger partial charge is 0.481 e. The first-order valence-electron chi connectivity index (χ1n) is 21.5. The van der Waals surface area contributed by atoms with Crippen LogP contribution in [0.25, 0.3) is 0 Å². The number of carbonyl (C=O) groups excluding carboxylic acids is 3. The lowest BCUT2D eigenvalue weighted by Gasteiger charge is -2.72. The normalized spacial score (nSPS) is 44.2. The summed E-state index contributed by atoms with van der Waals surface area (Å²) in [5.41, 5.74) is 0.747. The Balaban J connectivity index is 1.13. The lowest BCUT2D eigenvalue weighted by molar-refractivity contribution is -0.238. The zero-order chi connectivity index (χ0) is 39.4. The molecule has 0 aromatic carbocycles. The third-order valence-corrected chi connectivity index (χ3v) is 18.3. The van der Waals surface area contributed by atoms with Gasteiger partial charge < -0.3 is 25.6 Å². The number of ketones is 1. The Morgan fingerprint density at radius 1 is 0.870 bits per heavy atom. The molecule has 1 amide bonds. The van der Waals surface area contributed by atoms with Gasteiger partial charge in [0.15, 0.2) is 5.78 Å². The van der Waals surface area contributed by atoms with Crippen LogP contribution in [-0.2, 0) is 23.9 Å². The molecular weight excluding hydrogens is 681 g/mol. The second-order valence-electron chi connectivity index (χ2n) is 21.4. The van der Waals surface area contributed by atoms with Gasteiger partial charge in [0.2, 0.25) is 5.91 Å². The highest BCUT2D eigenvalue weighted by molar-refractivity contribution is 6.00. The number of carboxylic acid groups (broad SMARTS) is 1. The monoisotopic (exact) mass is 751 g/mol. The molecule has 9 nitrogen and oxygen atoms in total. The predicted octanol–water partition coefficient (Wildman–Crippen LogP) is 7.10. The Kier molecular flexibility index (Phi) is 9.92. The van der Waals surface area contributed by atoms with Gasteiger partial charge in [0.25, 0.3) is 0 Å². The molecular formula is C45H70N2O7. The molecule has 12 atom stereocenters.